The van der Waals surface area contributed by atoms with Crippen molar-refractivity contribution in [1.82, 2.24) is 4.72 Å². The van der Waals surface area contributed by atoms with Gasteiger partial charge >= 0.3 is 0 Å². The Kier molecular flexibility index (Phi) is 5.04. The van der Waals surface area contributed by atoms with Gasteiger partial charge in [-0.05, 0) is 62.2 Å². The molecule has 0 aliphatic heterocycles. The zero-order valence-corrected chi connectivity index (χ0v) is 15.1. The number of benzene rings is 2. The highest BCUT2D eigenvalue weighted by molar-refractivity contribution is 7.89. The summed E-state index contributed by atoms with van der Waals surface area (Å²) in [5.41, 5.74) is 0.826. The number of ether oxygens (including phenoxy) is 1. The molecule has 0 aliphatic rings. The minimum atomic E-state index is -3.66. The number of hydrogen-bond donors (Lipinski definition) is 1. The summed E-state index contributed by atoms with van der Waals surface area (Å²) in [4.78, 5) is 0.206. The highest BCUT2D eigenvalue weighted by atomic mass is 35.5. The molecule has 0 spiro atoms. The first-order valence-electron chi connectivity index (χ1n) is 7.10. The second kappa shape index (κ2) is 6.51. The second-order valence-corrected chi connectivity index (χ2v) is 7.99. The van der Waals surface area contributed by atoms with Crippen molar-refractivity contribution in [2.45, 2.75) is 31.2 Å². The van der Waals surface area contributed by atoms with Gasteiger partial charge in [0.15, 0.2) is 0 Å². The van der Waals surface area contributed by atoms with E-state index in [0.29, 0.717) is 10.8 Å². The molecule has 0 bridgehead atoms. The van der Waals surface area contributed by atoms with Crippen LogP contribution in [-0.2, 0) is 15.6 Å². The van der Waals surface area contributed by atoms with Gasteiger partial charge < -0.3 is 4.74 Å². The molecule has 2 aromatic carbocycles. The monoisotopic (exact) mass is 353 g/mol. The van der Waals surface area contributed by atoms with Crippen LogP contribution in [0.1, 0.15) is 25.0 Å². The van der Waals surface area contributed by atoms with E-state index in [2.05, 4.69) is 4.72 Å². The second-order valence-electron chi connectivity index (χ2n) is 5.87. The van der Waals surface area contributed by atoms with Crippen LogP contribution in [0, 0.1) is 6.92 Å². The van der Waals surface area contributed by atoms with Crippen LogP contribution in [0.15, 0.2) is 47.4 Å². The Morgan fingerprint density at radius 3 is 2.22 bits per heavy atom. The van der Waals surface area contributed by atoms with Gasteiger partial charge in [-0.25, -0.2) is 13.1 Å². The van der Waals surface area contributed by atoms with Gasteiger partial charge in [-0.3, -0.25) is 0 Å². The van der Waals surface area contributed by atoms with Crippen molar-refractivity contribution in [2.75, 3.05) is 7.11 Å². The molecule has 0 saturated carbocycles. The van der Waals surface area contributed by atoms with E-state index in [-0.39, 0.29) is 4.90 Å². The van der Waals surface area contributed by atoms with Crippen molar-refractivity contribution < 1.29 is 13.2 Å². The fourth-order valence-electron chi connectivity index (χ4n) is 2.34. The van der Waals surface area contributed by atoms with Crippen molar-refractivity contribution in [1.29, 1.82) is 0 Å². The molecule has 2 rings (SSSR count). The summed E-state index contributed by atoms with van der Waals surface area (Å²) in [7, 11) is -2.11. The molecule has 0 amide bonds. The zero-order chi connectivity index (χ0) is 17.3. The van der Waals surface area contributed by atoms with Crippen molar-refractivity contribution in [2.24, 2.45) is 0 Å². The summed E-state index contributed by atoms with van der Waals surface area (Å²) in [5, 5.41) is 0.609. The van der Waals surface area contributed by atoms with Crippen LogP contribution in [0.5, 0.6) is 5.75 Å². The number of hydrogen-bond acceptors (Lipinski definition) is 3. The normalized spacial score (nSPS) is 12.2. The van der Waals surface area contributed by atoms with E-state index in [9.17, 15) is 8.42 Å². The predicted octanol–water partition coefficient (Wildman–Crippen LogP) is 3.87. The van der Waals surface area contributed by atoms with Crippen LogP contribution >= 0.6 is 11.6 Å². The highest BCUT2D eigenvalue weighted by Gasteiger charge is 2.28. The molecule has 2 aromatic rings. The highest BCUT2D eigenvalue weighted by Crippen LogP contribution is 2.26. The lowest BCUT2D eigenvalue weighted by Gasteiger charge is -2.27. The first-order chi connectivity index (χ1) is 10.7. The third kappa shape index (κ3) is 4.05. The van der Waals surface area contributed by atoms with E-state index in [1.54, 1.807) is 31.4 Å². The summed E-state index contributed by atoms with van der Waals surface area (Å²) < 4.78 is 33.2. The van der Waals surface area contributed by atoms with E-state index in [0.717, 1.165) is 11.1 Å². The lowest BCUT2D eigenvalue weighted by molar-refractivity contribution is 0.411. The molecule has 0 fully saturated rings. The summed E-state index contributed by atoms with van der Waals surface area (Å²) in [6, 6.07) is 11.9. The number of rotatable bonds is 5. The summed E-state index contributed by atoms with van der Waals surface area (Å²) in [6.07, 6.45) is 0. The van der Waals surface area contributed by atoms with Crippen LogP contribution in [-0.4, -0.2) is 15.5 Å². The van der Waals surface area contributed by atoms with Crippen LogP contribution in [0.4, 0.5) is 0 Å². The Labute approximate surface area is 142 Å². The SMILES string of the molecule is COc1ccc(S(=O)(=O)NC(C)(C)c2ccc(Cl)cc2)cc1C. The van der Waals surface area contributed by atoms with E-state index in [1.807, 2.05) is 32.9 Å². The Hall–Kier alpha value is -1.56. The first-order valence-corrected chi connectivity index (χ1v) is 8.96. The summed E-state index contributed by atoms with van der Waals surface area (Å²) >= 11 is 5.89. The molecule has 6 heteroatoms. The molecule has 4 nitrogen and oxygen atoms in total. The molecule has 0 unspecified atom stereocenters. The third-order valence-corrected chi connectivity index (χ3v) is 5.54. The van der Waals surface area contributed by atoms with Gasteiger partial charge in [0.2, 0.25) is 10.0 Å². The molecule has 0 aromatic heterocycles. The van der Waals surface area contributed by atoms with Gasteiger partial charge in [0, 0.05) is 5.02 Å². The standard InChI is InChI=1S/C17H20ClNO3S/c1-12-11-15(9-10-16(12)22-4)23(20,21)19-17(2,3)13-5-7-14(18)8-6-13/h5-11,19H,1-4H3. The lowest BCUT2D eigenvalue weighted by atomic mass is 9.96. The average Bonchev–Trinajstić information content (AvgIpc) is 2.46. The molecule has 23 heavy (non-hydrogen) atoms. The smallest absolute Gasteiger partial charge is 0.241 e. The molecule has 0 atom stereocenters. The summed E-state index contributed by atoms with van der Waals surface area (Å²) in [6.45, 7) is 5.43. The maximum atomic E-state index is 12.7. The van der Waals surface area contributed by atoms with Crippen molar-refractivity contribution in [3.8, 4) is 5.75 Å². The van der Waals surface area contributed by atoms with Gasteiger partial charge in [-0.2, -0.15) is 0 Å². The van der Waals surface area contributed by atoms with Gasteiger partial charge in [0.1, 0.15) is 5.75 Å². The van der Waals surface area contributed by atoms with Gasteiger partial charge in [0.05, 0.1) is 17.5 Å². The minimum Gasteiger partial charge on any atom is -0.496 e. The fourth-order valence-corrected chi connectivity index (χ4v) is 3.95. The lowest BCUT2D eigenvalue weighted by Crippen LogP contribution is -2.40. The van der Waals surface area contributed by atoms with Gasteiger partial charge in [-0.15, -0.1) is 0 Å². The Balaban J connectivity index is 2.33. The van der Waals surface area contributed by atoms with Crippen LogP contribution in [0.25, 0.3) is 0 Å². The number of aryl methyl sites for hydroxylation is 1. The van der Waals surface area contributed by atoms with Crippen LogP contribution in [0.3, 0.4) is 0 Å². The Bertz CT molecular complexity index is 799. The Morgan fingerprint density at radius 1 is 1.09 bits per heavy atom. The molecule has 0 heterocycles. The number of nitrogens with one attached hydrogen (secondary N) is 1. The zero-order valence-electron chi connectivity index (χ0n) is 13.6. The van der Waals surface area contributed by atoms with Crippen LogP contribution < -0.4 is 9.46 Å². The fraction of sp³-hybridized carbons (Fsp3) is 0.294. The Morgan fingerprint density at radius 2 is 1.70 bits per heavy atom. The third-order valence-electron chi connectivity index (χ3n) is 3.63. The molecule has 1 N–H and O–H groups in total. The number of sulfonamides is 1. The van der Waals surface area contributed by atoms with Crippen LogP contribution in [0.2, 0.25) is 5.02 Å². The number of halogens is 1. The van der Waals surface area contributed by atoms with E-state index in [4.69, 9.17) is 16.3 Å². The van der Waals surface area contributed by atoms with Crippen molar-refractivity contribution in [3.63, 3.8) is 0 Å². The number of methoxy groups -OCH3 is 1. The maximum Gasteiger partial charge on any atom is 0.241 e. The quantitative estimate of drug-likeness (QED) is 0.887. The predicted molar refractivity (Wildman–Crippen MR) is 92.5 cm³/mol. The van der Waals surface area contributed by atoms with E-state index < -0.39 is 15.6 Å². The molecule has 0 aliphatic carbocycles. The van der Waals surface area contributed by atoms with Crippen molar-refractivity contribution in [3.05, 3.63) is 58.6 Å². The van der Waals surface area contributed by atoms with E-state index >= 15 is 0 Å². The average molecular weight is 354 g/mol. The molecule has 124 valence electrons. The van der Waals surface area contributed by atoms with Crippen molar-refractivity contribution >= 4 is 21.6 Å². The minimum absolute atomic E-state index is 0.206. The van der Waals surface area contributed by atoms with E-state index in [1.165, 1.54) is 6.07 Å². The molecule has 0 saturated heterocycles. The van der Waals surface area contributed by atoms with Gasteiger partial charge in [0.25, 0.3) is 0 Å². The maximum absolute atomic E-state index is 12.7. The first kappa shape index (κ1) is 17.8. The molecule has 0 radical (unpaired) electrons. The summed E-state index contributed by atoms with van der Waals surface area (Å²) in [5.74, 6) is 0.654. The molecular weight excluding hydrogens is 334 g/mol. The van der Waals surface area contributed by atoms with Gasteiger partial charge in [-0.1, -0.05) is 23.7 Å². The topological polar surface area (TPSA) is 55.4 Å². The molecular formula is C17H20ClNO3S. The largest absolute Gasteiger partial charge is 0.496 e.